The SMILES string of the molecule is CC(C)CCCCCC(C(=O)O)C(CCCCCC(C)C)(C(=O)OCC[N+](C)(C)C)S(=O)(=O)O. The summed E-state index contributed by atoms with van der Waals surface area (Å²) in [6.45, 7) is 8.76. The van der Waals surface area contributed by atoms with Gasteiger partial charge in [-0.3, -0.25) is 14.1 Å². The number of quaternary nitrogens is 1. The molecule has 0 fully saturated rings. The molecule has 34 heavy (non-hydrogen) atoms. The number of rotatable bonds is 19. The Morgan fingerprint density at radius 1 is 0.853 bits per heavy atom. The van der Waals surface area contributed by atoms with E-state index in [4.69, 9.17) is 4.74 Å². The van der Waals surface area contributed by atoms with Gasteiger partial charge in [-0.1, -0.05) is 79.1 Å². The van der Waals surface area contributed by atoms with E-state index in [1.807, 2.05) is 21.1 Å². The molecule has 2 atom stereocenters. The molecule has 9 heteroatoms. The van der Waals surface area contributed by atoms with E-state index < -0.39 is 32.7 Å². The second-order valence-corrected chi connectivity index (χ2v) is 13.1. The fraction of sp³-hybridized carbons (Fsp3) is 0.920. The highest BCUT2D eigenvalue weighted by molar-refractivity contribution is 7.88. The zero-order valence-corrected chi connectivity index (χ0v) is 23.3. The molecule has 0 amide bonds. The Labute approximate surface area is 207 Å². The predicted octanol–water partition coefficient (Wildman–Crippen LogP) is 4.78. The maximum atomic E-state index is 13.3. The summed E-state index contributed by atoms with van der Waals surface area (Å²) < 4.78 is 39.1. The summed E-state index contributed by atoms with van der Waals surface area (Å²) in [6, 6.07) is 0. The Balaban J connectivity index is 5.85. The summed E-state index contributed by atoms with van der Waals surface area (Å²) in [6.07, 6.45) is 5.54. The van der Waals surface area contributed by atoms with E-state index in [-0.39, 0.29) is 19.4 Å². The summed E-state index contributed by atoms with van der Waals surface area (Å²) in [5.41, 5.74) is 0. The Morgan fingerprint density at radius 3 is 1.74 bits per heavy atom. The van der Waals surface area contributed by atoms with Crippen molar-refractivity contribution in [1.29, 1.82) is 0 Å². The minimum absolute atomic E-state index is 0.0103. The van der Waals surface area contributed by atoms with Crippen LogP contribution in [0.15, 0.2) is 0 Å². The van der Waals surface area contributed by atoms with Gasteiger partial charge in [-0.15, -0.1) is 0 Å². The van der Waals surface area contributed by atoms with Gasteiger partial charge >= 0.3 is 11.9 Å². The van der Waals surface area contributed by atoms with Gasteiger partial charge in [-0.05, 0) is 24.7 Å². The molecule has 2 N–H and O–H groups in total. The number of carboxylic acids is 1. The average Bonchev–Trinajstić information content (AvgIpc) is 2.65. The van der Waals surface area contributed by atoms with Crippen LogP contribution in [0.5, 0.6) is 0 Å². The molecule has 0 aliphatic rings. The maximum Gasteiger partial charge on any atom is 0.331 e. The first-order valence-corrected chi connectivity index (χ1v) is 14.2. The zero-order chi connectivity index (χ0) is 26.6. The second kappa shape index (κ2) is 15.0. The maximum absolute atomic E-state index is 13.3. The summed E-state index contributed by atoms with van der Waals surface area (Å²) in [5, 5.41) is 10.0. The molecule has 0 saturated carbocycles. The highest BCUT2D eigenvalue weighted by atomic mass is 32.2. The smallest absolute Gasteiger partial charge is 0.331 e. The van der Waals surface area contributed by atoms with Gasteiger partial charge in [0.2, 0.25) is 4.75 Å². The molecular formula is C25H50NO7S+. The molecule has 0 aromatic carbocycles. The van der Waals surface area contributed by atoms with Crippen molar-refractivity contribution in [2.45, 2.75) is 96.7 Å². The second-order valence-electron chi connectivity index (χ2n) is 11.4. The molecule has 0 spiro atoms. The zero-order valence-electron chi connectivity index (χ0n) is 22.5. The highest BCUT2D eigenvalue weighted by Gasteiger charge is 2.59. The molecule has 0 aliphatic heterocycles. The van der Waals surface area contributed by atoms with Gasteiger partial charge in [-0.25, -0.2) is 0 Å². The third-order valence-electron chi connectivity index (χ3n) is 6.27. The van der Waals surface area contributed by atoms with Crippen LogP contribution in [0.1, 0.15) is 91.9 Å². The van der Waals surface area contributed by atoms with Crippen LogP contribution in [0.4, 0.5) is 0 Å². The van der Waals surface area contributed by atoms with Gasteiger partial charge in [0.15, 0.2) is 0 Å². The molecule has 0 saturated heterocycles. The number of esters is 1. The van der Waals surface area contributed by atoms with Gasteiger partial charge in [0.1, 0.15) is 13.2 Å². The molecule has 0 heterocycles. The first-order chi connectivity index (χ1) is 15.5. The number of aliphatic carboxylic acids is 1. The number of carbonyl (C=O) groups is 2. The van der Waals surface area contributed by atoms with E-state index in [0.717, 1.165) is 32.1 Å². The molecule has 0 bridgehead atoms. The van der Waals surface area contributed by atoms with Crippen LogP contribution in [-0.2, 0) is 24.4 Å². The topological polar surface area (TPSA) is 118 Å². The fourth-order valence-electron chi connectivity index (χ4n) is 4.12. The Bertz CT molecular complexity index is 713. The molecule has 0 aliphatic carbocycles. The van der Waals surface area contributed by atoms with Crippen molar-refractivity contribution < 1.29 is 36.9 Å². The van der Waals surface area contributed by atoms with Gasteiger partial charge in [-0.2, -0.15) is 8.42 Å². The largest absolute Gasteiger partial charge is 0.481 e. The van der Waals surface area contributed by atoms with Gasteiger partial charge < -0.3 is 14.3 Å². The third-order valence-corrected chi connectivity index (χ3v) is 7.84. The lowest BCUT2D eigenvalue weighted by Gasteiger charge is -2.34. The van der Waals surface area contributed by atoms with E-state index in [2.05, 4.69) is 27.7 Å². The summed E-state index contributed by atoms with van der Waals surface area (Å²) in [7, 11) is 0.640. The molecule has 0 rings (SSSR count). The normalized spacial score (nSPS) is 15.4. The molecule has 202 valence electrons. The van der Waals surface area contributed by atoms with Gasteiger partial charge in [0.25, 0.3) is 10.1 Å². The number of hydrogen-bond acceptors (Lipinski definition) is 5. The number of likely N-dealkylation sites (N-methyl/N-ethyl adjacent to an activating group) is 1. The number of carboxylic acid groups (broad SMARTS) is 1. The lowest BCUT2D eigenvalue weighted by molar-refractivity contribution is -0.870. The summed E-state index contributed by atoms with van der Waals surface area (Å²) in [4.78, 5) is 25.6. The standard InChI is InChI=1S/C25H49NO7S/c1-20(2)14-10-8-12-16-22(23(27)28)25(34(30,31)32,17-13-9-11-15-21(3)4)24(29)33-19-18-26(5,6)7/h20-22H,8-19H2,1-7H3,(H-,27,28,30,31,32)/p+1. The van der Waals surface area contributed by atoms with Crippen LogP contribution in [0.25, 0.3) is 0 Å². The lowest BCUT2D eigenvalue weighted by atomic mass is 9.82. The predicted molar refractivity (Wildman–Crippen MR) is 135 cm³/mol. The number of carbonyl (C=O) groups excluding carboxylic acids is 1. The molecule has 0 aromatic rings. The van der Waals surface area contributed by atoms with E-state index in [0.29, 0.717) is 42.1 Å². The monoisotopic (exact) mass is 508 g/mol. The van der Waals surface area contributed by atoms with Crippen LogP contribution < -0.4 is 0 Å². The minimum atomic E-state index is -5.06. The Kier molecular flexibility index (Phi) is 14.5. The molecule has 8 nitrogen and oxygen atoms in total. The van der Waals surface area contributed by atoms with Crippen molar-refractivity contribution >= 4 is 22.1 Å². The molecular weight excluding hydrogens is 458 g/mol. The first-order valence-electron chi connectivity index (χ1n) is 12.7. The van der Waals surface area contributed by atoms with Gasteiger partial charge in [0, 0.05) is 0 Å². The minimum Gasteiger partial charge on any atom is -0.481 e. The van der Waals surface area contributed by atoms with Crippen molar-refractivity contribution in [2.75, 3.05) is 34.3 Å². The van der Waals surface area contributed by atoms with E-state index in [1.165, 1.54) is 0 Å². The number of unbranched alkanes of at least 4 members (excludes halogenated alkanes) is 4. The van der Waals surface area contributed by atoms with Crippen LogP contribution in [0.3, 0.4) is 0 Å². The quantitative estimate of drug-likeness (QED) is 0.112. The summed E-state index contributed by atoms with van der Waals surface area (Å²) in [5.74, 6) is -3.10. The third kappa shape index (κ3) is 12.0. The molecule has 0 aromatic heterocycles. The van der Waals surface area contributed by atoms with Crippen LogP contribution >= 0.6 is 0 Å². The Hall–Kier alpha value is -1.19. The molecule has 0 radical (unpaired) electrons. The molecule has 2 unspecified atom stereocenters. The average molecular weight is 509 g/mol. The highest BCUT2D eigenvalue weighted by Crippen LogP contribution is 2.38. The van der Waals surface area contributed by atoms with E-state index >= 15 is 0 Å². The van der Waals surface area contributed by atoms with Crippen LogP contribution in [-0.4, -0.2) is 73.5 Å². The van der Waals surface area contributed by atoms with Crippen LogP contribution in [0, 0.1) is 17.8 Å². The number of nitrogens with zero attached hydrogens (tertiary/aromatic N) is 1. The van der Waals surface area contributed by atoms with E-state index in [1.54, 1.807) is 0 Å². The van der Waals surface area contributed by atoms with E-state index in [9.17, 15) is 27.7 Å². The van der Waals surface area contributed by atoms with Crippen molar-refractivity contribution in [2.24, 2.45) is 17.8 Å². The first kappa shape index (κ1) is 32.8. The van der Waals surface area contributed by atoms with Crippen LogP contribution in [0.2, 0.25) is 0 Å². The Morgan fingerprint density at radius 2 is 1.32 bits per heavy atom. The summed E-state index contributed by atoms with van der Waals surface area (Å²) >= 11 is 0. The fourth-order valence-corrected chi connectivity index (χ4v) is 5.37. The number of ether oxygens (including phenoxy) is 1. The van der Waals surface area contributed by atoms with Crippen molar-refractivity contribution in [3.63, 3.8) is 0 Å². The van der Waals surface area contributed by atoms with Crippen molar-refractivity contribution in [1.82, 2.24) is 0 Å². The van der Waals surface area contributed by atoms with Crippen molar-refractivity contribution in [3.05, 3.63) is 0 Å². The lowest BCUT2D eigenvalue weighted by Crippen LogP contribution is -2.56. The van der Waals surface area contributed by atoms with Crippen molar-refractivity contribution in [3.8, 4) is 0 Å². The van der Waals surface area contributed by atoms with Gasteiger partial charge in [0.05, 0.1) is 27.1 Å². The number of hydrogen-bond donors (Lipinski definition) is 2.